The van der Waals surface area contributed by atoms with Crippen LogP contribution >= 0.6 is 11.8 Å². The average molecular weight is 411 g/mol. The Bertz CT molecular complexity index is 1010. The molecule has 3 aromatic rings. The van der Waals surface area contributed by atoms with Crippen LogP contribution < -0.4 is 10.5 Å². The van der Waals surface area contributed by atoms with Gasteiger partial charge in [0.2, 0.25) is 0 Å². The minimum atomic E-state index is -0.949. The highest BCUT2D eigenvalue weighted by Crippen LogP contribution is 2.18. The molecule has 0 saturated heterocycles. The summed E-state index contributed by atoms with van der Waals surface area (Å²) in [5, 5.41) is 8.42. The first-order chi connectivity index (χ1) is 14.1. The number of hydrogen-bond acceptors (Lipinski definition) is 4. The largest absolute Gasteiger partial charge is 0.489 e. The van der Waals surface area contributed by atoms with E-state index < -0.39 is 11.6 Å². The number of thioether (sulfide) groups is 1. The van der Waals surface area contributed by atoms with Crippen LogP contribution in [0.4, 0.5) is 8.78 Å². The number of nitrogens with two attached hydrogens (primary N) is 1. The third kappa shape index (κ3) is 6.43. The number of halogens is 2. The lowest BCUT2D eigenvalue weighted by Gasteiger charge is -2.08. The second kappa shape index (κ2) is 10.4. The average Bonchev–Trinajstić information content (AvgIpc) is 2.74. The molecule has 148 valence electrons. The van der Waals surface area contributed by atoms with Crippen molar-refractivity contribution in [2.45, 2.75) is 12.4 Å². The Balaban J connectivity index is 1.59. The number of ether oxygens (including phenoxy) is 1. The van der Waals surface area contributed by atoms with E-state index in [1.165, 1.54) is 17.8 Å². The van der Waals surface area contributed by atoms with Crippen molar-refractivity contribution in [1.29, 1.82) is 0 Å². The van der Waals surface area contributed by atoms with Gasteiger partial charge in [0.25, 0.3) is 0 Å². The van der Waals surface area contributed by atoms with Crippen molar-refractivity contribution in [3.05, 3.63) is 101 Å². The lowest BCUT2D eigenvalue weighted by molar-refractivity contribution is 0.303. The Morgan fingerprint density at radius 2 is 1.72 bits per heavy atom. The minimum Gasteiger partial charge on any atom is -0.489 e. The molecule has 0 saturated carbocycles. The predicted molar refractivity (Wildman–Crippen MR) is 114 cm³/mol. The highest BCUT2D eigenvalue weighted by atomic mass is 32.2. The fraction of sp³-hybridized carbons (Fsp3) is 0.0909. The second-order valence-corrected chi connectivity index (χ2v) is 7.02. The van der Waals surface area contributed by atoms with Gasteiger partial charge in [-0.3, -0.25) is 0 Å². The van der Waals surface area contributed by atoms with E-state index in [4.69, 9.17) is 10.5 Å². The third-order valence-corrected chi connectivity index (χ3v) is 4.78. The molecule has 0 aliphatic rings. The van der Waals surface area contributed by atoms with Crippen LogP contribution in [0.1, 0.15) is 16.7 Å². The summed E-state index contributed by atoms with van der Waals surface area (Å²) in [6.45, 7) is 0.176. The molecule has 0 aromatic heterocycles. The van der Waals surface area contributed by atoms with Gasteiger partial charge in [0, 0.05) is 17.4 Å². The van der Waals surface area contributed by atoms with E-state index in [1.807, 2.05) is 54.6 Å². The molecule has 0 fully saturated rings. The summed E-state index contributed by atoms with van der Waals surface area (Å²) in [5.74, 6) is -0.902. The van der Waals surface area contributed by atoms with E-state index in [0.29, 0.717) is 10.9 Å². The SMILES string of the molecule is NC(=NN=Cc1ccccc1COc1ccc(F)c(F)c1)SCc1ccccc1. The molecule has 4 nitrogen and oxygen atoms in total. The van der Waals surface area contributed by atoms with Crippen LogP contribution in [0, 0.1) is 11.6 Å². The quantitative estimate of drug-likeness (QED) is 0.333. The highest BCUT2D eigenvalue weighted by molar-refractivity contribution is 8.13. The van der Waals surface area contributed by atoms with Crippen LogP contribution in [-0.4, -0.2) is 11.4 Å². The fourth-order valence-corrected chi connectivity index (χ4v) is 3.04. The molecule has 0 spiro atoms. The van der Waals surface area contributed by atoms with Crippen LogP contribution in [-0.2, 0) is 12.4 Å². The van der Waals surface area contributed by atoms with Crippen molar-refractivity contribution in [3.63, 3.8) is 0 Å². The maximum absolute atomic E-state index is 13.3. The summed E-state index contributed by atoms with van der Waals surface area (Å²) in [6.07, 6.45) is 1.58. The van der Waals surface area contributed by atoms with E-state index in [1.54, 1.807) is 6.21 Å². The molecule has 0 unspecified atom stereocenters. The summed E-state index contributed by atoms with van der Waals surface area (Å²) in [5.41, 5.74) is 8.66. The topological polar surface area (TPSA) is 60.0 Å². The summed E-state index contributed by atoms with van der Waals surface area (Å²) < 4.78 is 31.9. The van der Waals surface area contributed by atoms with E-state index in [9.17, 15) is 8.78 Å². The van der Waals surface area contributed by atoms with Crippen LogP contribution in [0.5, 0.6) is 5.75 Å². The molecular weight excluding hydrogens is 392 g/mol. The maximum atomic E-state index is 13.3. The molecule has 2 N–H and O–H groups in total. The van der Waals surface area contributed by atoms with Gasteiger partial charge in [0.05, 0.1) is 6.21 Å². The lowest BCUT2D eigenvalue weighted by Crippen LogP contribution is -2.06. The Morgan fingerprint density at radius 3 is 2.52 bits per heavy atom. The molecule has 29 heavy (non-hydrogen) atoms. The van der Waals surface area contributed by atoms with Gasteiger partial charge in [0.15, 0.2) is 16.8 Å². The van der Waals surface area contributed by atoms with Gasteiger partial charge < -0.3 is 10.5 Å². The molecule has 3 rings (SSSR count). The Kier molecular flexibility index (Phi) is 7.35. The molecule has 0 amide bonds. The lowest BCUT2D eigenvalue weighted by atomic mass is 10.1. The maximum Gasteiger partial charge on any atom is 0.180 e. The van der Waals surface area contributed by atoms with Crippen molar-refractivity contribution >= 4 is 23.1 Å². The number of nitrogens with zero attached hydrogens (tertiary/aromatic N) is 2. The first-order valence-corrected chi connectivity index (χ1v) is 9.79. The first kappa shape index (κ1) is 20.5. The van der Waals surface area contributed by atoms with Gasteiger partial charge in [-0.1, -0.05) is 66.4 Å². The van der Waals surface area contributed by atoms with Gasteiger partial charge in [0.1, 0.15) is 12.4 Å². The van der Waals surface area contributed by atoms with Crippen LogP contribution in [0.25, 0.3) is 0 Å². The van der Waals surface area contributed by atoms with Gasteiger partial charge in [-0.15, -0.1) is 5.10 Å². The molecule has 3 aromatic carbocycles. The molecule has 0 aliphatic heterocycles. The van der Waals surface area contributed by atoms with Gasteiger partial charge >= 0.3 is 0 Å². The van der Waals surface area contributed by atoms with Crippen molar-refractivity contribution in [2.75, 3.05) is 0 Å². The number of amidine groups is 1. The number of rotatable bonds is 7. The van der Waals surface area contributed by atoms with Crippen molar-refractivity contribution in [2.24, 2.45) is 15.9 Å². The van der Waals surface area contributed by atoms with Crippen molar-refractivity contribution in [1.82, 2.24) is 0 Å². The zero-order chi connectivity index (χ0) is 20.5. The highest BCUT2D eigenvalue weighted by Gasteiger charge is 2.05. The Morgan fingerprint density at radius 1 is 0.966 bits per heavy atom. The smallest absolute Gasteiger partial charge is 0.180 e. The number of benzene rings is 3. The predicted octanol–water partition coefficient (Wildman–Crippen LogP) is 5.13. The summed E-state index contributed by atoms with van der Waals surface area (Å²) in [4.78, 5) is 0. The van der Waals surface area contributed by atoms with E-state index in [-0.39, 0.29) is 12.4 Å². The molecule has 0 bridgehead atoms. The fourth-order valence-electron chi connectivity index (χ4n) is 2.43. The normalized spacial score (nSPS) is 11.7. The van der Waals surface area contributed by atoms with Crippen molar-refractivity contribution < 1.29 is 13.5 Å². The van der Waals surface area contributed by atoms with Gasteiger partial charge in [-0.25, -0.2) is 8.78 Å². The molecule has 0 atom stereocenters. The third-order valence-electron chi connectivity index (χ3n) is 3.92. The van der Waals surface area contributed by atoms with Crippen molar-refractivity contribution in [3.8, 4) is 5.75 Å². The van der Waals surface area contributed by atoms with E-state index in [2.05, 4.69) is 10.2 Å². The van der Waals surface area contributed by atoms with Gasteiger partial charge in [-0.2, -0.15) is 5.10 Å². The van der Waals surface area contributed by atoms with Crippen LogP contribution in [0.3, 0.4) is 0 Å². The number of hydrogen-bond donors (Lipinski definition) is 1. The molecule has 7 heteroatoms. The molecule has 0 heterocycles. The first-order valence-electron chi connectivity index (χ1n) is 8.81. The second-order valence-electron chi connectivity index (χ2n) is 6.02. The summed E-state index contributed by atoms with van der Waals surface area (Å²) in [7, 11) is 0. The van der Waals surface area contributed by atoms with E-state index in [0.717, 1.165) is 28.8 Å². The zero-order valence-corrected chi connectivity index (χ0v) is 16.3. The van der Waals surface area contributed by atoms with E-state index >= 15 is 0 Å². The molecule has 0 radical (unpaired) electrons. The van der Waals surface area contributed by atoms with Crippen LogP contribution in [0.2, 0.25) is 0 Å². The minimum absolute atomic E-state index is 0.176. The standard InChI is InChI=1S/C22H19F2N3OS/c23-20-11-10-19(12-21(20)24)28-14-18-9-5-4-8-17(18)13-26-27-22(25)29-15-16-6-2-1-3-7-16/h1-13H,14-15H2,(H2,25,27). The summed E-state index contributed by atoms with van der Waals surface area (Å²) >= 11 is 1.40. The Labute approximate surface area is 172 Å². The van der Waals surface area contributed by atoms with Gasteiger partial charge in [-0.05, 0) is 23.3 Å². The molecule has 0 aliphatic carbocycles. The monoisotopic (exact) mass is 411 g/mol. The molecular formula is C22H19F2N3OS. The summed E-state index contributed by atoms with van der Waals surface area (Å²) in [6, 6.07) is 20.8. The zero-order valence-electron chi connectivity index (χ0n) is 15.5. The Hall–Kier alpha value is -3.19. The van der Waals surface area contributed by atoms with Crippen LogP contribution in [0.15, 0.2) is 83.0 Å².